The van der Waals surface area contributed by atoms with Gasteiger partial charge in [-0.3, -0.25) is 0 Å². The number of aliphatic carboxylic acids is 1. The monoisotopic (exact) mass is 216 g/mol. The molecule has 0 radical (unpaired) electrons. The largest absolute Gasteiger partial charge is 1.00 e. The summed E-state index contributed by atoms with van der Waals surface area (Å²) < 4.78 is 4.94. The van der Waals surface area contributed by atoms with Crippen molar-refractivity contribution in [3.63, 3.8) is 0 Å². The Balaban J connectivity index is 0.00000169. The molecule has 0 heterocycles. The molecule has 0 aliphatic carbocycles. The maximum absolute atomic E-state index is 10.1. The Bertz CT molecular complexity index is 317. The summed E-state index contributed by atoms with van der Waals surface area (Å²) >= 11 is 0. The standard InChI is InChI=1S/C10H10O3.K/c1-13-9-5-2-8(3-6-9)4-7-10(11)12;/h2-7H,1H3,(H,11,12);/q;+1/p-1. The van der Waals surface area contributed by atoms with Gasteiger partial charge in [0.05, 0.1) is 13.1 Å². The molecule has 0 aromatic heterocycles. The Morgan fingerprint density at radius 1 is 1.36 bits per heavy atom. The molecule has 1 rings (SSSR count). The zero-order chi connectivity index (χ0) is 9.68. The number of carboxylic acid groups (broad SMARTS) is 1. The van der Waals surface area contributed by atoms with E-state index >= 15 is 0 Å². The summed E-state index contributed by atoms with van der Waals surface area (Å²) in [6.07, 6.45) is 2.45. The van der Waals surface area contributed by atoms with Crippen molar-refractivity contribution in [3.8, 4) is 5.75 Å². The SMILES string of the molecule is COc1ccc(C=CC(=O)[O-])cc1.[K+]. The van der Waals surface area contributed by atoms with E-state index in [1.807, 2.05) is 0 Å². The number of carbonyl (C=O) groups excluding carboxylic acids is 1. The fourth-order valence-electron chi connectivity index (χ4n) is 0.879. The molecule has 3 nitrogen and oxygen atoms in total. The third kappa shape index (κ3) is 4.93. The van der Waals surface area contributed by atoms with Crippen LogP contribution in [-0.2, 0) is 4.79 Å². The van der Waals surface area contributed by atoms with Gasteiger partial charge >= 0.3 is 51.4 Å². The zero-order valence-electron chi connectivity index (χ0n) is 8.19. The van der Waals surface area contributed by atoms with Crippen LogP contribution in [0.3, 0.4) is 0 Å². The maximum atomic E-state index is 10.1. The van der Waals surface area contributed by atoms with Crippen LogP contribution in [0, 0.1) is 0 Å². The normalized spacial score (nSPS) is 9.50. The van der Waals surface area contributed by atoms with Crippen LogP contribution in [0.25, 0.3) is 6.08 Å². The molecule has 0 fully saturated rings. The van der Waals surface area contributed by atoms with Gasteiger partial charge in [0.2, 0.25) is 0 Å². The Morgan fingerprint density at radius 3 is 2.36 bits per heavy atom. The molecule has 0 spiro atoms. The molecule has 0 unspecified atom stereocenters. The molecule has 1 aromatic carbocycles. The molecule has 0 saturated carbocycles. The smallest absolute Gasteiger partial charge is 0.545 e. The first-order valence-electron chi connectivity index (χ1n) is 3.75. The van der Waals surface area contributed by atoms with Crippen LogP contribution in [0.1, 0.15) is 5.56 Å². The summed E-state index contributed by atoms with van der Waals surface area (Å²) in [5.74, 6) is -0.457. The number of benzene rings is 1. The number of carbonyl (C=O) groups is 1. The second-order valence-electron chi connectivity index (χ2n) is 2.43. The topological polar surface area (TPSA) is 49.4 Å². The van der Waals surface area contributed by atoms with Crippen molar-refractivity contribution in [1.82, 2.24) is 0 Å². The molecule has 0 amide bonds. The number of ether oxygens (including phenoxy) is 1. The van der Waals surface area contributed by atoms with Crippen molar-refractivity contribution < 1.29 is 66.0 Å². The molecule has 0 N–H and O–H groups in total. The van der Waals surface area contributed by atoms with E-state index < -0.39 is 5.97 Å². The van der Waals surface area contributed by atoms with Gasteiger partial charge in [0.15, 0.2) is 0 Å². The van der Waals surface area contributed by atoms with Crippen molar-refractivity contribution in [2.75, 3.05) is 7.11 Å². The van der Waals surface area contributed by atoms with E-state index in [1.54, 1.807) is 31.4 Å². The van der Waals surface area contributed by atoms with Gasteiger partial charge in [0, 0.05) is 0 Å². The van der Waals surface area contributed by atoms with E-state index in [-0.39, 0.29) is 51.4 Å². The van der Waals surface area contributed by atoms with Gasteiger partial charge in [-0.15, -0.1) is 0 Å². The van der Waals surface area contributed by atoms with Crippen LogP contribution in [0.15, 0.2) is 30.3 Å². The van der Waals surface area contributed by atoms with Crippen LogP contribution in [0.2, 0.25) is 0 Å². The molecule has 0 saturated heterocycles. The molecule has 68 valence electrons. The van der Waals surface area contributed by atoms with Crippen molar-refractivity contribution in [1.29, 1.82) is 0 Å². The third-order valence-electron chi connectivity index (χ3n) is 1.53. The molecule has 1 aromatic rings. The van der Waals surface area contributed by atoms with E-state index in [4.69, 9.17) is 4.74 Å². The van der Waals surface area contributed by atoms with E-state index in [2.05, 4.69) is 0 Å². The number of hydrogen-bond acceptors (Lipinski definition) is 3. The van der Waals surface area contributed by atoms with Crippen molar-refractivity contribution >= 4 is 12.0 Å². The van der Waals surface area contributed by atoms with Gasteiger partial charge in [-0.05, 0) is 23.8 Å². The van der Waals surface area contributed by atoms with E-state index in [0.29, 0.717) is 0 Å². The third-order valence-corrected chi connectivity index (χ3v) is 1.53. The van der Waals surface area contributed by atoms with Crippen LogP contribution < -0.4 is 61.2 Å². The molecule has 0 aliphatic rings. The van der Waals surface area contributed by atoms with Gasteiger partial charge in [-0.25, -0.2) is 0 Å². The average molecular weight is 216 g/mol. The minimum Gasteiger partial charge on any atom is -0.545 e. The van der Waals surface area contributed by atoms with Crippen molar-refractivity contribution in [2.45, 2.75) is 0 Å². The van der Waals surface area contributed by atoms with E-state index in [0.717, 1.165) is 17.4 Å². The second-order valence-corrected chi connectivity index (χ2v) is 2.43. The number of hydrogen-bond donors (Lipinski definition) is 0. The van der Waals surface area contributed by atoms with Gasteiger partial charge in [-0.2, -0.15) is 0 Å². The fraction of sp³-hybridized carbons (Fsp3) is 0.100. The summed E-state index contributed by atoms with van der Waals surface area (Å²) in [6, 6.07) is 7.04. The first-order chi connectivity index (χ1) is 6.22. The van der Waals surface area contributed by atoms with E-state index in [1.165, 1.54) is 6.08 Å². The molecule has 0 atom stereocenters. The Labute approximate surface area is 125 Å². The van der Waals surface area contributed by atoms with Crippen molar-refractivity contribution in [2.24, 2.45) is 0 Å². The Hall–Kier alpha value is -0.134. The second kappa shape index (κ2) is 7.20. The van der Waals surface area contributed by atoms with Gasteiger partial charge in [0.25, 0.3) is 0 Å². The first kappa shape index (κ1) is 13.9. The summed E-state index contributed by atoms with van der Waals surface area (Å²) in [4.78, 5) is 10.1. The molecular weight excluding hydrogens is 207 g/mol. The van der Waals surface area contributed by atoms with Crippen LogP contribution in [-0.4, -0.2) is 13.1 Å². The number of methoxy groups -OCH3 is 1. The predicted molar refractivity (Wildman–Crippen MR) is 47.0 cm³/mol. The fourth-order valence-corrected chi connectivity index (χ4v) is 0.879. The zero-order valence-corrected chi connectivity index (χ0v) is 11.3. The summed E-state index contributed by atoms with van der Waals surface area (Å²) in [6.45, 7) is 0. The van der Waals surface area contributed by atoms with E-state index in [9.17, 15) is 9.90 Å². The van der Waals surface area contributed by atoms with Gasteiger partial charge in [-0.1, -0.05) is 18.2 Å². The summed E-state index contributed by atoms with van der Waals surface area (Å²) in [5, 5.41) is 10.1. The average Bonchev–Trinajstić information content (AvgIpc) is 2.15. The van der Waals surface area contributed by atoms with Crippen molar-refractivity contribution in [3.05, 3.63) is 35.9 Å². The summed E-state index contributed by atoms with van der Waals surface area (Å²) in [5.41, 5.74) is 0.796. The van der Waals surface area contributed by atoms with Crippen LogP contribution in [0.4, 0.5) is 0 Å². The minimum atomic E-state index is -1.20. The predicted octanol–water partition coefficient (Wildman–Crippen LogP) is -2.54. The van der Waals surface area contributed by atoms with Crippen LogP contribution >= 0.6 is 0 Å². The first-order valence-corrected chi connectivity index (χ1v) is 3.75. The quantitative estimate of drug-likeness (QED) is 0.413. The minimum absolute atomic E-state index is 0. The Kier molecular flexibility index (Phi) is 7.13. The van der Waals surface area contributed by atoms with Crippen LogP contribution in [0.5, 0.6) is 5.75 Å². The Morgan fingerprint density at radius 2 is 1.93 bits per heavy atom. The maximum Gasteiger partial charge on any atom is 1.00 e. The summed E-state index contributed by atoms with van der Waals surface area (Å²) in [7, 11) is 1.58. The molecule has 0 aliphatic heterocycles. The van der Waals surface area contributed by atoms with Gasteiger partial charge in [0.1, 0.15) is 5.75 Å². The molecule has 4 heteroatoms. The number of rotatable bonds is 3. The molecule has 0 bridgehead atoms. The molecular formula is C10H9KO3. The number of carboxylic acids is 1. The van der Waals surface area contributed by atoms with Gasteiger partial charge < -0.3 is 14.6 Å². The molecule has 14 heavy (non-hydrogen) atoms.